The highest BCUT2D eigenvalue weighted by Gasteiger charge is 2.13. The summed E-state index contributed by atoms with van der Waals surface area (Å²) in [6, 6.07) is 12.7. The van der Waals surface area contributed by atoms with E-state index in [1.165, 1.54) is 13.2 Å². The van der Waals surface area contributed by atoms with E-state index < -0.39 is 5.91 Å². The van der Waals surface area contributed by atoms with Crippen molar-refractivity contribution in [3.63, 3.8) is 0 Å². The number of nitrogens with one attached hydrogen (secondary N) is 1. The molecule has 7 heteroatoms. The second-order valence-corrected chi connectivity index (χ2v) is 7.20. The Morgan fingerprint density at radius 3 is 2.62 bits per heavy atom. The molecule has 0 saturated heterocycles. The van der Waals surface area contributed by atoms with Crippen LogP contribution in [0.3, 0.4) is 0 Å². The lowest BCUT2D eigenvalue weighted by Gasteiger charge is -2.12. The molecule has 0 saturated carbocycles. The second kappa shape index (κ2) is 9.59. The van der Waals surface area contributed by atoms with Crippen LogP contribution < -0.4 is 14.8 Å². The third-order valence-corrected chi connectivity index (χ3v) is 4.63. The SMILES string of the molecule is CCOc1c(Br)cc(/C=C(/C#N)C(=O)Nc2ccc(I)cc2)cc1OC. The number of benzene rings is 2. The molecule has 2 rings (SSSR count). The van der Waals surface area contributed by atoms with Crippen LogP contribution in [-0.4, -0.2) is 19.6 Å². The van der Waals surface area contributed by atoms with Crippen LogP contribution in [0, 0.1) is 14.9 Å². The summed E-state index contributed by atoms with van der Waals surface area (Å²) < 4.78 is 12.6. The van der Waals surface area contributed by atoms with Crippen molar-refractivity contribution in [3.05, 3.63) is 55.6 Å². The van der Waals surface area contributed by atoms with Gasteiger partial charge in [-0.05, 0) is 93.5 Å². The summed E-state index contributed by atoms with van der Waals surface area (Å²) in [5.41, 5.74) is 1.26. The molecular formula is C19H16BrIN2O3. The van der Waals surface area contributed by atoms with Gasteiger partial charge in [-0.2, -0.15) is 5.26 Å². The molecule has 1 N–H and O–H groups in total. The molecule has 0 fully saturated rings. The summed E-state index contributed by atoms with van der Waals surface area (Å²) in [7, 11) is 1.53. The number of rotatable bonds is 6. The van der Waals surface area contributed by atoms with Gasteiger partial charge in [-0.3, -0.25) is 4.79 Å². The Balaban J connectivity index is 2.30. The normalized spacial score (nSPS) is 10.8. The van der Waals surface area contributed by atoms with Crippen LogP contribution in [0.5, 0.6) is 11.5 Å². The highest BCUT2D eigenvalue weighted by molar-refractivity contribution is 14.1. The predicted molar refractivity (Wildman–Crippen MR) is 113 cm³/mol. The van der Waals surface area contributed by atoms with Crippen molar-refractivity contribution in [2.75, 3.05) is 19.0 Å². The van der Waals surface area contributed by atoms with E-state index in [9.17, 15) is 10.1 Å². The van der Waals surface area contributed by atoms with Crippen LogP contribution >= 0.6 is 38.5 Å². The van der Waals surface area contributed by atoms with Crippen LogP contribution in [0.1, 0.15) is 12.5 Å². The molecule has 1 amide bonds. The Morgan fingerprint density at radius 1 is 1.35 bits per heavy atom. The molecule has 0 aliphatic carbocycles. The number of amides is 1. The fraction of sp³-hybridized carbons (Fsp3) is 0.158. The third kappa shape index (κ3) is 5.22. The monoisotopic (exact) mass is 526 g/mol. The zero-order valence-electron chi connectivity index (χ0n) is 14.2. The number of anilines is 1. The second-order valence-electron chi connectivity index (χ2n) is 5.10. The zero-order valence-corrected chi connectivity index (χ0v) is 17.9. The van der Waals surface area contributed by atoms with E-state index >= 15 is 0 Å². The standard InChI is InChI=1S/C19H16BrIN2O3/c1-3-26-18-16(20)9-12(10-17(18)25-2)8-13(11-22)19(24)23-15-6-4-14(21)5-7-15/h4-10H,3H2,1-2H3,(H,23,24)/b13-8-. The van der Waals surface area contributed by atoms with Gasteiger partial charge in [0, 0.05) is 9.26 Å². The van der Waals surface area contributed by atoms with Crippen LogP contribution in [0.2, 0.25) is 0 Å². The van der Waals surface area contributed by atoms with Crippen LogP contribution in [0.4, 0.5) is 5.69 Å². The summed E-state index contributed by atoms with van der Waals surface area (Å²) in [5.74, 6) is 0.620. The Labute approximate surface area is 174 Å². The maximum atomic E-state index is 12.4. The van der Waals surface area contributed by atoms with E-state index in [0.29, 0.717) is 33.8 Å². The average Bonchev–Trinajstić information content (AvgIpc) is 2.63. The minimum atomic E-state index is -0.474. The minimum Gasteiger partial charge on any atom is -0.493 e. The van der Waals surface area contributed by atoms with Crippen molar-refractivity contribution in [2.24, 2.45) is 0 Å². The number of methoxy groups -OCH3 is 1. The van der Waals surface area contributed by atoms with Crippen molar-refractivity contribution in [3.8, 4) is 17.6 Å². The lowest BCUT2D eigenvalue weighted by atomic mass is 10.1. The molecule has 0 spiro atoms. The molecule has 5 nitrogen and oxygen atoms in total. The molecule has 0 aliphatic rings. The molecule has 0 bridgehead atoms. The van der Waals surface area contributed by atoms with Crippen LogP contribution in [0.15, 0.2) is 46.4 Å². The Kier molecular flexibility index (Phi) is 7.48. The van der Waals surface area contributed by atoms with E-state index in [1.54, 1.807) is 24.3 Å². The number of hydrogen-bond acceptors (Lipinski definition) is 4. The Hall–Kier alpha value is -2.05. The Morgan fingerprint density at radius 2 is 2.04 bits per heavy atom. The van der Waals surface area contributed by atoms with Crippen molar-refractivity contribution in [2.45, 2.75) is 6.92 Å². The molecule has 26 heavy (non-hydrogen) atoms. The van der Waals surface area contributed by atoms with Gasteiger partial charge in [0.25, 0.3) is 5.91 Å². The maximum absolute atomic E-state index is 12.4. The zero-order chi connectivity index (χ0) is 19.1. The summed E-state index contributed by atoms with van der Waals surface area (Å²) in [5, 5.41) is 12.1. The minimum absolute atomic E-state index is 0.0123. The van der Waals surface area contributed by atoms with Gasteiger partial charge in [-0.25, -0.2) is 0 Å². The molecule has 0 aliphatic heterocycles. The van der Waals surface area contributed by atoms with E-state index in [4.69, 9.17) is 9.47 Å². The van der Waals surface area contributed by atoms with Crippen molar-refractivity contribution in [1.82, 2.24) is 0 Å². The first-order valence-corrected chi connectivity index (χ1v) is 9.54. The van der Waals surface area contributed by atoms with Crippen LogP contribution in [0.25, 0.3) is 6.08 Å². The first-order valence-electron chi connectivity index (χ1n) is 7.67. The first-order chi connectivity index (χ1) is 12.5. The number of nitriles is 1. The van der Waals surface area contributed by atoms with Crippen LogP contribution in [-0.2, 0) is 4.79 Å². The highest BCUT2D eigenvalue weighted by Crippen LogP contribution is 2.37. The summed E-state index contributed by atoms with van der Waals surface area (Å²) in [6.07, 6.45) is 1.50. The average molecular weight is 527 g/mol. The maximum Gasteiger partial charge on any atom is 0.266 e. The molecule has 134 valence electrons. The third-order valence-electron chi connectivity index (χ3n) is 3.32. The lowest BCUT2D eigenvalue weighted by molar-refractivity contribution is -0.112. The van der Waals surface area contributed by atoms with E-state index in [1.807, 2.05) is 25.1 Å². The van der Waals surface area contributed by atoms with Gasteiger partial charge in [0.1, 0.15) is 11.6 Å². The highest BCUT2D eigenvalue weighted by atomic mass is 127. The molecule has 0 atom stereocenters. The molecule has 2 aromatic carbocycles. The largest absolute Gasteiger partial charge is 0.493 e. The fourth-order valence-electron chi connectivity index (χ4n) is 2.15. The molecule has 0 radical (unpaired) electrons. The van der Waals surface area contributed by atoms with Gasteiger partial charge in [-0.15, -0.1) is 0 Å². The van der Waals surface area contributed by atoms with Gasteiger partial charge in [0.15, 0.2) is 11.5 Å². The van der Waals surface area contributed by atoms with Crippen molar-refractivity contribution < 1.29 is 14.3 Å². The van der Waals surface area contributed by atoms with E-state index in [0.717, 1.165) is 3.57 Å². The summed E-state index contributed by atoms with van der Waals surface area (Å²) >= 11 is 5.61. The summed E-state index contributed by atoms with van der Waals surface area (Å²) in [4.78, 5) is 12.4. The van der Waals surface area contributed by atoms with Gasteiger partial charge >= 0.3 is 0 Å². The quantitative estimate of drug-likeness (QED) is 0.326. The molecule has 0 unspecified atom stereocenters. The van der Waals surface area contributed by atoms with Gasteiger partial charge in [0.05, 0.1) is 18.2 Å². The van der Waals surface area contributed by atoms with E-state index in [2.05, 4.69) is 43.8 Å². The predicted octanol–water partition coefficient (Wildman–Crippen LogP) is 5.01. The topological polar surface area (TPSA) is 71.3 Å². The number of nitrogens with zero attached hydrogens (tertiary/aromatic N) is 1. The summed E-state index contributed by atoms with van der Waals surface area (Å²) in [6.45, 7) is 2.37. The lowest BCUT2D eigenvalue weighted by Crippen LogP contribution is -2.13. The molecule has 2 aromatic rings. The van der Waals surface area contributed by atoms with Gasteiger partial charge in [-0.1, -0.05) is 0 Å². The number of hydrogen-bond donors (Lipinski definition) is 1. The molecular weight excluding hydrogens is 511 g/mol. The van der Waals surface area contributed by atoms with Crippen molar-refractivity contribution in [1.29, 1.82) is 5.26 Å². The van der Waals surface area contributed by atoms with E-state index in [-0.39, 0.29) is 5.57 Å². The first kappa shape index (κ1) is 20.3. The number of ether oxygens (including phenoxy) is 2. The smallest absolute Gasteiger partial charge is 0.266 e. The van der Waals surface area contributed by atoms with Gasteiger partial charge in [0.2, 0.25) is 0 Å². The van der Waals surface area contributed by atoms with Gasteiger partial charge < -0.3 is 14.8 Å². The molecule has 0 aromatic heterocycles. The fourth-order valence-corrected chi connectivity index (χ4v) is 3.09. The number of carbonyl (C=O) groups is 1. The number of halogens is 2. The number of carbonyl (C=O) groups excluding carboxylic acids is 1. The Bertz CT molecular complexity index is 874. The molecule has 0 heterocycles. The van der Waals surface area contributed by atoms with Crippen molar-refractivity contribution >= 4 is 56.2 Å².